The molecule has 1 radical (unpaired) electrons. The van der Waals surface area contributed by atoms with Crippen LogP contribution in [-0.2, 0) is 3.76 Å². The van der Waals surface area contributed by atoms with E-state index >= 15 is 0 Å². The van der Waals surface area contributed by atoms with Gasteiger partial charge in [-0.3, -0.25) is 0 Å². The predicted octanol–water partition coefficient (Wildman–Crippen LogP) is 4.33. The van der Waals surface area contributed by atoms with Crippen molar-refractivity contribution in [2.75, 3.05) is 0 Å². The van der Waals surface area contributed by atoms with Gasteiger partial charge in [-0.15, -0.1) is 0 Å². The van der Waals surface area contributed by atoms with Crippen LogP contribution in [-0.4, -0.2) is 13.6 Å². The van der Waals surface area contributed by atoms with Crippen LogP contribution in [0.2, 0.25) is 0 Å². The fraction of sp³-hybridized carbons (Fsp3) is 0.160. The molecule has 0 bridgehead atoms. The molecule has 1 nitrogen and oxygen atoms in total. The Morgan fingerprint density at radius 1 is 0.630 bits per heavy atom. The summed E-state index contributed by atoms with van der Waals surface area (Å²) in [6, 6.07) is 32.6. The van der Waals surface area contributed by atoms with Crippen LogP contribution in [0.3, 0.4) is 0 Å². The molecule has 3 aromatic rings. The minimum atomic E-state index is -3.31. The summed E-state index contributed by atoms with van der Waals surface area (Å²) in [7, 11) is 0. The zero-order chi connectivity index (χ0) is 18.5. The van der Waals surface area contributed by atoms with Crippen LogP contribution in [0, 0.1) is 6.10 Å². The predicted molar refractivity (Wildman–Crippen MR) is 116 cm³/mol. The fourth-order valence-electron chi connectivity index (χ4n) is 3.93. The van der Waals surface area contributed by atoms with Crippen LogP contribution in [0.25, 0.3) is 0 Å². The zero-order valence-electron chi connectivity index (χ0n) is 15.8. The van der Waals surface area contributed by atoms with Crippen LogP contribution in [0.1, 0.15) is 26.2 Å². The molecule has 135 valence electrons. The third-order valence-electron chi connectivity index (χ3n) is 5.23. The van der Waals surface area contributed by atoms with E-state index in [0.717, 1.165) is 12.5 Å². The summed E-state index contributed by atoms with van der Waals surface area (Å²) < 4.78 is 11.1. The van der Waals surface area contributed by atoms with E-state index in [9.17, 15) is 0 Å². The van der Waals surface area contributed by atoms with E-state index in [4.69, 9.17) is 3.76 Å². The first-order valence-corrected chi connectivity index (χ1v) is 13.7. The van der Waals surface area contributed by atoms with Gasteiger partial charge in [-0.2, -0.15) is 0 Å². The minimum absolute atomic E-state index is 1.02. The van der Waals surface area contributed by atoms with Crippen molar-refractivity contribution in [1.29, 1.82) is 0 Å². The van der Waals surface area contributed by atoms with Crippen molar-refractivity contribution < 1.29 is 3.76 Å². The Balaban J connectivity index is 1.93. The molecule has 1 aliphatic carbocycles. The molecule has 0 atom stereocenters. The van der Waals surface area contributed by atoms with Gasteiger partial charge in [-0.05, 0) is 0 Å². The van der Waals surface area contributed by atoms with Gasteiger partial charge in [-0.25, -0.2) is 0 Å². The topological polar surface area (TPSA) is 9.23 Å². The molecule has 0 aromatic heterocycles. The summed E-state index contributed by atoms with van der Waals surface area (Å²) in [6.45, 7) is 2.21. The Morgan fingerprint density at radius 3 is 1.48 bits per heavy atom. The summed E-state index contributed by atoms with van der Waals surface area (Å²) in [5, 5.41) is 0. The van der Waals surface area contributed by atoms with Gasteiger partial charge >= 0.3 is 165 Å². The fourth-order valence-corrected chi connectivity index (χ4v) is 12.1. The maximum atomic E-state index is 7.14. The molecule has 3 aromatic carbocycles. The standard InChI is InChI=1S/C25H25GeO/c1-21-12-11-19-25(20-21)27-26(22-13-5-2-6-14-22,23-15-7-3-8-16-23)24-17-9-4-10-18-24/h2-10,13-18,20H,11-12,19H2,1H3. The summed E-state index contributed by atoms with van der Waals surface area (Å²) in [4.78, 5) is 0. The van der Waals surface area contributed by atoms with Crippen molar-refractivity contribution in [3.05, 3.63) is 109 Å². The van der Waals surface area contributed by atoms with E-state index < -0.39 is 13.6 Å². The molecular weight excluding hydrogens is 389 g/mol. The molecule has 0 amide bonds. The van der Waals surface area contributed by atoms with E-state index in [0.29, 0.717) is 0 Å². The van der Waals surface area contributed by atoms with Gasteiger partial charge in [0.25, 0.3) is 0 Å². The van der Waals surface area contributed by atoms with Crippen LogP contribution >= 0.6 is 0 Å². The maximum absolute atomic E-state index is 7.14. The van der Waals surface area contributed by atoms with Crippen molar-refractivity contribution in [3.63, 3.8) is 0 Å². The van der Waals surface area contributed by atoms with E-state index in [1.807, 2.05) is 0 Å². The Morgan fingerprint density at radius 2 is 1.07 bits per heavy atom. The number of allylic oxidation sites excluding steroid dienone is 1. The van der Waals surface area contributed by atoms with Gasteiger partial charge in [0.1, 0.15) is 0 Å². The Kier molecular flexibility index (Phi) is 5.61. The van der Waals surface area contributed by atoms with Crippen LogP contribution < -0.4 is 13.2 Å². The average Bonchev–Trinajstić information content (AvgIpc) is 2.74. The van der Waals surface area contributed by atoms with Gasteiger partial charge < -0.3 is 0 Å². The van der Waals surface area contributed by atoms with E-state index in [2.05, 4.69) is 104 Å². The number of hydrogen-bond acceptors (Lipinski definition) is 1. The first kappa shape index (κ1) is 18.3. The second kappa shape index (κ2) is 8.28. The van der Waals surface area contributed by atoms with Crippen molar-refractivity contribution in [1.82, 2.24) is 0 Å². The van der Waals surface area contributed by atoms with Crippen molar-refractivity contribution in [2.45, 2.75) is 26.2 Å². The Bertz CT molecular complexity index is 791. The first-order valence-electron chi connectivity index (χ1n) is 9.67. The quantitative estimate of drug-likeness (QED) is 0.565. The molecule has 0 saturated carbocycles. The van der Waals surface area contributed by atoms with Crippen LogP contribution in [0.4, 0.5) is 0 Å². The second-order valence-corrected chi connectivity index (χ2v) is 14.1. The molecule has 0 N–H and O–H groups in total. The summed E-state index contributed by atoms with van der Waals surface area (Å²) in [5.41, 5.74) is 1.42. The zero-order valence-corrected chi connectivity index (χ0v) is 17.9. The Hall–Kier alpha value is -2.10. The molecule has 0 unspecified atom stereocenters. The molecule has 0 saturated heterocycles. The molecule has 27 heavy (non-hydrogen) atoms. The monoisotopic (exact) mass is 415 g/mol. The third kappa shape index (κ3) is 3.80. The van der Waals surface area contributed by atoms with E-state index in [1.54, 1.807) is 0 Å². The van der Waals surface area contributed by atoms with Gasteiger partial charge in [0, 0.05) is 0 Å². The molecule has 2 heteroatoms. The Labute approximate surface area is 165 Å². The molecule has 0 fully saturated rings. The van der Waals surface area contributed by atoms with Gasteiger partial charge in [0.15, 0.2) is 0 Å². The van der Waals surface area contributed by atoms with E-state index in [1.165, 1.54) is 31.6 Å². The SMILES string of the molecule is CC1=C[C]([O][Ge]([c]2ccccc2)([c]2ccccc2)[c]2ccccc2)CCC1. The second-order valence-electron chi connectivity index (χ2n) is 7.19. The molecular formula is C25H25GeO. The normalized spacial score (nSPS) is 15.4. The molecule has 0 spiro atoms. The van der Waals surface area contributed by atoms with E-state index in [-0.39, 0.29) is 0 Å². The van der Waals surface area contributed by atoms with Gasteiger partial charge in [-0.1, -0.05) is 0 Å². The molecule has 4 rings (SSSR count). The van der Waals surface area contributed by atoms with Crippen molar-refractivity contribution >= 4 is 26.8 Å². The summed E-state index contributed by atoms with van der Waals surface area (Å²) >= 11 is -3.31. The van der Waals surface area contributed by atoms with Gasteiger partial charge in [0.05, 0.1) is 0 Å². The van der Waals surface area contributed by atoms with Crippen molar-refractivity contribution in [3.8, 4) is 0 Å². The molecule has 1 aliphatic rings. The number of rotatable bonds is 5. The molecule has 0 heterocycles. The van der Waals surface area contributed by atoms with Crippen LogP contribution in [0.15, 0.2) is 103 Å². The summed E-state index contributed by atoms with van der Waals surface area (Å²) in [5.74, 6) is 0. The van der Waals surface area contributed by atoms with Crippen LogP contribution in [0.5, 0.6) is 0 Å². The first-order chi connectivity index (χ1) is 13.3. The number of hydrogen-bond donors (Lipinski definition) is 0. The number of benzene rings is 3. The van der Waals surface area contributed by atoms with Gasteiger partial charge in [0.2, 0.25) is 0 Å². The summed E-state index contributed by atoms with van der Waals surface area (Å²) in [6.07, 6.45) is 6.80. The molecule has 0 aliphatic heterocycles. The van der Waals surface area contributed by atoms with Crippen molar-refractivity contribution in [2.24, 2.45) is 0 Å². The average molecular weight is 414 g/mol. The third-order valence-corrected chi connectivity index (χ3v) is 13.6.